The summed E-state index contributed by atoms with van der Waals surface area (Å²) in [5.74, 6) is 0.196. The number of halogens is 2. The maximum absolute atomic E-state index is 11.5. The predicted molar refractivity (Wildman–Crippen MR) is 61.6 cm³/mol. The summed E-state index contributed by atoms with van der Waals surface area (Å²) in [6.45, 7) is 1.95. The van der Waals surface area contributed by atoms with Crippen LogP contribution in [0.15, 0.2) is 22.7 Å². The molecule has 0 saturated carbocycles. The Hall–Kier alpha value is -0.150. The van der Waals surface area contributed by atoms with Gasteiger partial charge >= 0.3 is 0 Å². The number of Topliss-reactive ketones (excluding diaryl/α,β-unsaturated/α-hetero) is 1. The van der Waals surface area contributed by atoms with Crippen molar-refractivity contribution in [3.8, 4) is 0 Å². The summed E-state index contributed by atoms with van der Waals surface area (Å²) >= 11 is 6.62. The van der Waals surface area contributed by atoms with Crippen LogP contribution in [0.3, 0.4) is 0 Å². The summed E-state index contributed by atoms with van der Waals surface area (Å²) in [4.78, 5) is 11.5. The van der Waals surface area contributed by atoms with E-state index in [-0.39, 0.29) is 5.78 Å². The Labute approximate surface area is 94.8 Å². The molecule has 0 aliphatic carbocycles. The van der Waals surface area contributed by atoms with Gasteiger partial charge in [-0.15, -0.1) is 0 Å². The number of carbonyl (C=O) groups excluding carboxylic acids is 1. The van der Waals surface area contributed by atoms with Gasteiger partial charge in [0.2, 0.25) is 0 Å². The van der Waals surface area contributed by atoms with Gasteiger partial charge in [-0.2, -0.15) is 0 Å². The fourth-order valence-electron chi connectivity index (χ4n) is 1.16. The molecule has 0 spiro atoms. The van der Waals surface area contributed by atoms with Crippen LogP contribution >= 0.6 is 31.9 Å². The van der Waals surface area contributed by atoms with E-state index in [2.05, 4.69) is 31.9 Å². The quantitative estimate of drug-likeness (QED) is 0.614. The van der Waals surface area contributed by atoms with Gasteiger partial charge in [0, 0.05) is 21.8 Å². The Bertz CT molecular complexity index is 321. The molecular weight excluding hydrogens is 296 g/mol. The van der Waals surface area contributed by atoms with Crippen molar-refractivity contribution in [2.45, 2.75) is 13.3 Å². The molecule has 1 nitrogen and oxygen atoms in total. The fraction of sp³-hybridized carbons (Fsp3) is 0.300. The lowest BCUT2D eigenvalue weighted by Crippen LogP contribution is -2.01. The molecular formula is C10H10Br2O. The Balaban J connectivity index is 2.95. The molecule has 0 aromatic heterocycles. The van der Waals surface area contributed by atoms with E-state index in [1.807, 2.05) is 25.1 Å². The Morgan fingerprint density at radius 1 is 1.46 bits per heavy atom. The highest BCUT2D eigenvalue weighted by atomic mass is 79.9. The van der Waals surface area contributed by atoms with Crippen LogP contribution in [0.2, 0.25) is 0 Å². The summed E-state index contributed by atoms with van der Waals surface area (Å²) in [6, 6.07) is 5.72. The molecule has 0 N–H and O–H groups in total. The van der Waals surface area contributed by atoms with Crippen LogP contribution in [0.5, 0.6) is 0 Å². The van der Waals surface area contributed by atoms with Crippen molar-refractivity contribution in [3.05, 3.63) is 33.8 Å². The third-order valence-electron chi connectivity index (χ3n) is 1.81. The summed E-state index contributed by atoms with van der Waals surface area (Å²) in [6.07, 6.45) is 0.558. The number of aryl methyl sites for hydroxylation is 1. The highest BCUT2D eigenvalue weighted by Crippen LogP contribution is 2.17. The highest BCUT2D eigenvalue weighted by Gasteiger charge is 2.07. The molecule has 0 aliphatic heterocycles. The predicted octanol–water partition coefficient (Wildman–Crippen LogP) is 3.73. The largest absolute Gasteiger partial charge is 0.294 e. The van der Waals surface area contributed by atoms with Crippen molar-refractivity contribution in [2.24, 2.45) is 0 Å². The number of hydrogen-bond acceptors (Lipinski definition) is 1. The molecule has 0 amide bonds. The summed E-state index contributed by atoms with van der Waals surface area (Å²) in [5, 5.41) is 0.724. The molecule has 0 atom stereocenters. The summed E-state index contributed by atoms with van der Waals surface area (Å²) in [5.41, 5.74) is 1.85. The molecule has 3 heteroatoms. The summed E-state index contributed by atoms with van der Waals surface area (Å²) in [7, 11) is 0. The van der Waals surface area contributed by atoms with Crippen molar-refractivity contribution in [1.82, 2.24) is 0 Å². The molecule has 1 aromatic carbocycles. The lowest BCUT2D eigenvalue weighted by atomic mass is 10.0. The van der Waals surface area contributed by atoms with E-state index in [0.717, 1.165) is 20.9 Å². The number of carbonyl (C=O) groups is 1. The minimum atomic E-state index is 0.196. The van der Waals surface area contributed by atoms with Gasteiger partial charge < -0.3 is 0 Å². The highest BCUT2D eigenvalue weighted by molar-refractivity contribution is 9.10. The third kappa shape index (κ3) is 2.92. The molecule has 0 saturated heterocycles. The Morgan fingerprint density at radius 2 is 2.15 bits per heavy atom. The van der Waals surface area contributed by atoms with Gasteiger partial charge in [0.1, 0.15) is 0 Å². The number of hydrogen-bond donors (Lipinski definition) is 0. The van der Waals surface area contributed by atoms with E-state index >= 15 is 0 Å². The molecule has 1 rings (SSSR count). The first-order chi connectivity index (χ1) is 6.15. The fourth-order valence-corrected chi connectivity index (χ4v) is 2.00. The molecule has 0 aliphatic rings. The number of benzene rings is 1. The SMILES string of the molecule is Cc1cc(Br)ccc1C(=O)CCBr. The van der Waals surface area contributed by atoms with E-state index in [1.165, 1.54) is 0 Å². The molecule has 13 heavy (non-hydrogen) atoms. The molecule has 0 heterocycles. The molecule has 0 unspecified atom stereocenters. The number of ketones is 1. The second-order valence-corrected chi connectivity index (χ2v) is 4.53. The van der Waals surface area contributed by atoms with Crippen LogP contribution in [0.25, 0.3) is 0 Å². The van der Waals surface area contributed by atoms with E-state index in [1.54, 1.807) is 0 Å². The van der Waals surface area contributed by atoms with E-state index < -0.39 is 0 Å². The monoisotopic (exact) mass is 304 g/mol. The van der Waals surface area contributed by atoms with Gasteiger partial charge in [0.15, 0.2) is 5.78 Å². The zero-order chi connectivity index (χ0) is 9.84. The first-order valence-corrected chi connectivity index (χ1v) is 5.92. The van der Waals surface area contributed by atoms with Crippen LogP contribution in [-0.4, -0.2) is 11.1 Å². The second kappa shape index (κ2) is 4.91. The minimum absolute atomic E-state index is 0.196. The van der Waals surface area contributed by atoms with Crippen molar-refractivity contribution in [2.75, 3.05) is 5.33 Å². The van der Waals surface area contributed by atoms with E-state index in [4.69, 9.17) is 0 Å². The molecule has 0 radical (unpaired) electrons. The van der Waals surface area contributed by atoms with Crippen LogP contribution in [0.4, 0.5) is 0 Å². The molecule has 70 valence electrons. The van der Waals surface area contributed by atoms with Gasteiger partial charge in [-0.3, -0.25) is 4.79 Å². The lowest BCUT2D eigenvalue weighted by Gasteiger charge is -2.03. The van der Waals surface area contributed by atoms with Crippen LogP contribution in [0.1, 0.15) is 22.3 Å². The summed E-state index contributed by atoms with van der Waals surface area (Å²) < 4.78 is 1.01. The maximum atomic E-state index is 11.5. The smallest absolute Gasteiger partial charge is 0.163 e. The minimum Gasteiger partial charge on any atom is -0.294 e. The van der Waals surface area contributed by atoms with E-state index in [9.17, 15) is 4.79 Å². The first-order valence-electron chi connectivity index (χ1n) is 4.00. The normalized spacial score (nSPS) is 10.1. The van der Waals surface area contributed by atoms with Crippen molar-refractivity contribution < 1.29 is 4.79 Å². The van der Waals surface area contributed by atoms with Gasteiger partial charge in [-0.1, -0.05) is 37.9 Å². The second-order valence-electron chi connectivity index (χ2n) is 2.82. The average Bonchev–Trinajstić information content (AvgIpc) is 2.04. The Morgan fingerprint density at radius 3 is 2.69 bits per heavy atom. The van der Waals surface area contributed by atoms with Gasteiger partial charge in [-0.05, 0) is 24.6 Å². The van der Waals surface area contributed by atoms with Crippen LogP contribution in [0, 0.1) is 6.92 Å². The lowest BCUT2D eigenvalue weighted by molar-refractivity contribution is 0.0989. The van der Waals surface area contributed by atoms with Crippen molar-refractivity contribution in [3.63, 3.8) is 0 Å². The number of rotatable bonds is 3. The third-order valence-corrected chi connectivity index (χ3v) is 2.70. The van der Waals surface area contributed by atoms with Gasteiger partial charge in [0.05, 0.1) is 0 Å². The van der Waals surface area contributed by atoms with Crippen LogP contribution < -0.4 is 0 Å². The van der Waals surface area contributed by atoms with Gasteiger partial charge in [0.25, 0.3) is 0 Å². The number of alkyl halides is 1. The van der Waals surface area contributed by atoms with E-state index in [0.29, 0.717) is 6.42 Å². The average molecular weight is 306 g/mol. The van der Waals surface area contributed by atoms with Crippen molar-refractivity contribution in [1.29, 1.82) is 0 Å². The van der Waals surface area contributed by atoms with Crippen LogP contribution in [-0.2, 0) is 0 Å². The van der Waals surface area contributed by atoms with Gasteiger partial charge in [-0.25, -0.2) is 0 Å². The zero-order valence-corrected chi connectivity index (χ0v) is 10.5. The topological polar surface area (TPSA) is 17.1 Å². The Kier molecular flexibility index (Phi) is 4.13. The molecule has 0 bridgehead atoms. The maximum Gasteiger partial charge on any atom is 0.163 e. The molecule has 1 aromatic rings. The molecule has 0 fully saturated rings. The zero-order valence-electron chi connectivity index (χ0n) is 7.31. The standard InChI is InChI=1S/C10H10Br2O/c1-7-6-8(12)2-3-9(7)10(13)4-5-11/h2-3,6H,4-5H2,1H3. The van der Waals surface area contributed by atoms with Crippen molar-refractivity contribution >= 4 is 37.6 Å². The first kappa shape index (κ1) is 10.9.